The van der Waals surface area contributed by atoms with Gasteiger partial charge in [-0.25, -0.2) is 9.18 Å². The third kappa shape index (κ3) is 7.73. The molecule has 3 atom stereocenters. The topological polar surface area (TPSA) is 79.6 Å². The van der Waals surface area contributed by atoms with Gasteiger partial charge in [-0.1, -0.05) is 24.3 Å². The van der Waals surface area contributed by atoms with Crippen molar-refractivity contribution >= 4 is 12.1 Å². The SMILES string of the molecule is CC(C)(C)OC(=O)CCC(C)(C#N)c1ccc(C2CCN(C(=O)OC(C)(C)C)CC2F)cc1. The van der Waals surface area contributed by atoms with Crippen molar-refractivity contribution in [1.29, 1.82) is 5.26 Å². The minimum absolute atomic E-state index is 0.00681. The van der Waals surface area contributed by atoms with Crippen LogP contribution < -0.4 is 0 Å². The highest BCUT2D eigenvalue weighted by Gasteiger charge is 2.35. The van der Waals surface area contributed by atoms with E-state index in [4.69, 9.17) is 9.47 Å². The molecule has 0 N–H and O–H groups in total. The Hall–Kier alpha value is -2.62. The zero-order valence-electron chi connectivity index (χ0n) is 20.9. The standard InChI is InChI=1S/C26H37FN2O4/c1-24(2,3)32-22(30)12-14-26(7,17-28)19-10-8-18(9-11-19)20-13-15-29(16-21(20)27)23(31)33-25(4,5)6/h8-11,20-21H,12-16H2,1-7H3. The molecule has 182 valence electrons. The van der Waals surface area contributed by atoms with Gasteiger partial charge < -0.3 is 14.4 Å². The molecule has 1 aromatic carbocycles. The van der Waals surface area contributed by atoms with Crippen LogP contribution in [0.3, 0.4) is 0 Å². The van der Waals surface area contributed by atoms with Crippen LogP contribution in [0, 0.1) is 11.3 Å². The fraction of sp³-hybridized carbons (Fsp3) is 0.654. The van der Waals surface area contributed by atoms with E-state index >= 15 is 0 Å². The maximum absolute atomic E-state index is 15.0. The largest absolute Gasteiger partial charge is 0.460 e. The van der Waals surface area contributed by atoms with Gasteiger partial charge >= 0.3 is 12.1 Å². The Morgan fingerprint density at radius 3 is 2.12 bits per heavy atom. The van der Waals surface area contributed by atoms with Gasteiger partial charge in [-0.2, -0.15) is 5.26 Å². The van der Waals surface area contributed by atoms with E-state index in [0.29, 0.717) is 19.4 Å². The van der Waals surface area contributed by atoms with Crippen molar-refractivity contribution in [3.05, 3.63) is 35.4 Å². The predicted molar refractivity (Wildman–Crippen MR) is 125 cm³/mol. The number of carbonyl (C=O) groups is 2. The number of hydrogen-bond acceptors (Lipinski definition) is 5. The summed E-state index contributed by atoms with van der Waals surface area (Å²) in [5.74, 6) is -0.662. The fourth-order valence-corrected chi connectivity index (χ4v) is 3.88. The Labute approximate surface area is 197 Å². The van der Waals surface area contributed by atoms with Crippen LogP contribution in [-0.2, 0) is 19.7 Å². The third-order valence-electron chi connectivity index (χ3n) is 5.66. The highest BCUT2D eigenvalue weighted by atomic mass is 19.1. The maximum Gasteiger partial charge on any atom is 0.410 e. The quantitative estimate of drug-likeness (QED) is 0.530. The van der Waals surface area contributed by atoms with Crippen LogP contribution in [0.2, 0.25) is 0 Å². The van der Waals surface area contributed by atoms with E-state index in [2.05, 4.69) is 6.07 Å². The molecular weight excluding hydrogens is 423 g/mol. The number of carbonyl (C=O) groups excluding carboxylic acids is 2. The van der Waals surface area contributed by atoms with E-state index < -0.39 is 28.9 Å². The molecule has 3 unspecified atom stereocenters. The molecule has 1 saturated heterocycles. The van der Waals surface area contributed by atoms with E-state index in [-0.39, 0.29) is 24.9 Å². The molecule has 33 heavy (non-hydrogen) atoms. The Morgan fingerprint density at radius 2 is 1.64 bits per heavy atom. The Balaban J connectivity index is 2.03. The van der Waals surface area contributed by atoms with Crippen molar-refractivity contribution in [3.8, 4) is 6.07 Å². The van der Waals surface area contributed by atoms with Crippen LogP contribution in [0.5, 0.6) is 0 Å². The summed E-state index contributed by atoms with van der Waals surface area (Å²) >= 11 is 0. The average Bonchev–Trinajstić information content (AvgIpc) is 2.69. The first-order valence-electron chi connectivity index (χ1n) is 11.5. The summed E-state index contributed by atoms with van der Waals surface area (Å²) in [4.78, 5) is 25.8. The first-order valence-corrected chi connectivity index (χ1v) is 11.5. The number of rotatable bonds is 5. The van der Waals surface area contributed by atoms with Gasteiger partial charge in [0, 0.05) is 18.9 Å². The zero-order chi connectivity index (χ0) is 25.0. The number of hydrogen-bond donors (Lipinski definition) is 0. The maximum atomic E-state index is 15.0. The summed E-state index contributed by atoms with van der Waals surface area (Å²) in [6, 6.07) is 9.68. The molecule has 1 aliphatic rings. The van der Waals surface area contributed by atoms with Crippen molar-refractivity contribution in [2.45, 2.75) is 96.4 Å². The van der Waals surface area contributed by atoms with Gasteiger partial charge in [0.1, 0.15) is 17.4 Å². The molecule has 1 fully saturated rings. The molecule has 1 aliphatic heterocycles. The van der Waals surface area contributed by atoms with Gasteiger partial charge in [0.2, 0.25) is 0 Å². The molecule has 0 aliphatic carbocycles. The lowest BCUT2D eigenvalue weighted by Gasteiger charge is -2.36. The number of nitrogens with zero attached hydrogens (tertiary/aromatic N) is 2. The first-order chi connectivity index (χ1) is 15.1. The van der Waals surface area contributed by atoms with Gasteiger partial charge in [0.25, 0.3) is 0 Å². The summed E-state index contributed by atoms with van der Waals surface area (Å²) in [5, 5.41) is 9.79. The van der Waals surface area contributed by atoms with E-state index in [9.17, 15) is 19.2 Å². The first kappa shape index (κ1) is 26.6. The highest BCUT2D eigenvalue weighted by molar-refractivity contribution is 5.70. The molecule has 0 radical (unpaired) electrons. The Bertz CT molecular complexity index is 880. The second-order valence-corrected chi connectivity index (χ2v) is 11.0. The normalized spacial score (nSPS) is 21.0. The van der Waals surface area contributed by atoms with Crippen molar-refractivity contribution < 1.29 is 23.5 Å². The minimum atomic E-state index is -1.20. The van der Waals surface area contributed by atoms with Crippen molar-refractivity contribution in [2.75, 3.05) is 13.1 Å². The second-order valence-electron chi connectivity index (χ2n) is 11.0. The predicted octanol–water partition coefficient (Wildman–Crippen LogP) is 5.65. The molecule has 0 spiro atoms. The Morgan fingerprint density at radius 1 is 1.06 bits per heavy atom. The zero-order valence-corrected chi connectivity index (χ0v) is 20.9. The Kier molecular flexibility index (Phi) is 8.16. The number of nitriles is 1. The molecule has 7 heteroatoms. The van der Waals surface area contributed by atoms with Crippen LogP contribution in [0.15, 0.2) is 24.3 Å². The molecule has 0 saturated carbocycles. The number of ether oxygens (including phenoxy) is 2. The van der Waals surface area contributed by atoms with Crippen LogP contribution in [0.4, 0.5) is 9.18 Å². The smallest absolute Gasteiger partial charge is 0.410 e. The number of halogens is 1. The summed E-state index contributed by atoms with van der Waals surface area (Å²) in [6.45, 7) is 13.0. The molecule has 6 nitrogen and oxygen atoms in total. The van der Waals surface area contributed by atoms with E-state index in [1.807, 2.05) is 45.0 Å². The van der Waals surface area contributed by atoms with Gasteiger partial charge in [0.15, 0.2) is 0 Å². The van der Waals surface area contributed by atoms with Crippen LogP contribution in [0.1, 0.15) is 84.8 Å². The van der Waals surface area contributed by atoms with Crippen LogP contribution in [-0.4, -0.2) is 47.4 Å². The molecule has 0 aromatic heterocycles. The summed E-state index contributed by atoms with van der Waals surface area (Å²) < 4.78 is 25.7. The lowest BCUT2D eigenvalue weighted by Crippen LogP contribution is -2.46. The van der Waals surface area contributed by atoms with Gasteiger partial charge in [0.05, 0.1) is 18.0 Å². The molecule has 0 bridgehead atoms. The van der Waals surface area contributed by atoms with Crippen LogP contribution in [0.25, 0.3) is 0 Å². The number of alkyl halides is 1. The minimum Gasteiger partial charge on any atom is -0.460 e. The van der Waals surface area contributed by atoms with E-state index in [1.54, 1.807) is 27.7 Å². The number of piperidine rings is 1. The molecule has 1 amide bonds. The third-order valence-corrected chi connectivity index (χ3v) is 5.66. The van der Waals surface area contributed by atoms with Crippen molar-refractivity contribution in [1.82, 2.24) is 4.90 Å². The van der Waals surface area contributed by atoms with Crippen molar-refractivity contribution in [3.63, 3.8) is 0 Å². The lowest BCUT2D eigenvalue weighted by molar-refractivity contribution is -0.155. The van der Waals surface area contributed by atoms with Crippen molar-refractivity contribution in [2.24, 2.45) is 0 Å². The van der Waals surface area contributed by atoms with Gasteiger partial charge in [-0.15, -0.1) is 0 Å². The number of amides is 1. The lowest BCUT2D eigenvalue weighted by atomic mass is 9.78. The molecule has 1 aromatic rings. The monoisotopic (exact) mass is 460 g/mol. The molecular formula is C26H37FN2O4. The van der Waals surface area contributed by atoms with Gasteiger partial charge in [-0.05, 0) is 72.4 Å². The summed E-state index contributed by atoms with van der Waals surface area (Å²) in [5.41, 5.74) is -0.428. The second kappa shape index (κ2) is 10.1. The van der Waals surface area contributed by atoms with Gasteiger partial charge in [-0.3, -0.25) is 4.79 Å². The number of esters is 1. The number of benzene rings is 1. The highest BCUT2D eigenvalue weighted by Crippen LogP contribution is 2.34. The summed E-state index contributed by atoms with van der Waals surface area (Å²) in [7, 11) is 0. The average molecular weight is 461 g/mol. The van der Waals surface area contributed by atoms with Crippen LogP contribution >= 0.6 is 0 Å². The fourth-order valence-electron chi connectivity index (χ4n) is 3.88. The summed E-state index contributed by atoms with van der Waals surface area (Å²) in [6.07, 6.45) is -0.731. The number of likely N-dealkylation sites (tertiary alicyclic amines) is 1. The molecule has 2 rings (SSSR count). The van der Waals surface area contributed by atoms with E-state index in [1.165, 1.54) is 4.90 Å². The van der Waals surface area contributed by atoms with E-state index in [0.717, 1.165) is 11.1 Å². The molecule has 1 heterocycles.